The van der Waals surface area contributed by atoms with Crippen molar-refractivity contribution in [1.29, 1.82) is 0 Å². The highest BCUT2D eigenvalue weighted by atomic mass is 35.5. The minimum atomic E-state index is -0.696. The SMILES string of the molecule is CC(C)(C)C1CC(C(=O)O)CN(Cc2cnn(-c3cccc(Cl)c3)c2)C1. The molecule has 0 radical (unpaired) electrons. The van der Waals surface area contributed by atoms with Crippen molar-refractivity contribution < 1.29 is 9.90 Å². The predicted octanol–water partition coefficient (Wildman–Crippen LogP) is 4.09. The zero-order valence-corrected chi connectivity index (χ0v) is 16.3. The third-order valence-electron chi connectivity index (χ3n) is 5.22. The number of carbonyl (C=O) groups is 1. The third-order valence-corrected chi connectivity index (χ3v) is 5.45. The molecule has 1 aromatic heterocycles. The maximum absolute atomic E-state index is 11.6. The lowest BCUT2D eigenvalue weighted by Gasteiger charge is -2.42. The van der Waals surface area contributed by atoms with E-state index < -0.39 is 5.97 Å². The van der Waals surface area contributed by atoms with Gasteiger partial charge in [0.1, 0.15) is 0 Å². The lowest BCUT2D eigenvalue weighted by atomic mass is 9.73. The van der Waals surface area contributed by atoms with Crippen LogP contribution in [0, 0.1) is 17.3 Å². The third kappa shape index (κ3) is 4.46. The summed E-state index contributed by atoms with van der Waals surface area (Å²) in [5.74, 6) is -0.644. The maximum Gasteiger partial charge on any atom is 0.307 e. The van der Waals surface area contributed by atoms with Crippen LogP contribution in [-0.4, -0.2) is 38.8 Å². The molecule has 1 aliphatic rings. The van der Waals surface area contributed by atoms with E-state index in [1.807, 2.05) is 36.7 Å². The first-order valence-electron chi connectivity index (χ1n) is 8.97. The van der Waals surface area contributed by atoms with Gasteiger partial charge in [-0.15, -0.1) is 0 Å². The molecule has 1 N–H and O–H groups in total. The average molecular weight is 376 g/mol. The van der Waals surface area contributed by atoms with E-state index in [1.165, 1.54) is 0 Å². The zero-order valence-electron chi connectivity index (χ0n) is 15.5. The van der Waals surface area contributed by atoms with Crippen molar-refractivity contribution in [2.24, 2.45) is 17.3 Å². The van der Waals surface area contributed by atoms with Gasteiger partial charge in [-0.1, -0.05) is 38.4 Å². The summed E-state index contributed by atoms with van der Waals surface area (Å²) < 4.78 is 1.81. The zero-order chi connectivity index (χ0) is 18.9. The largest absolute Gasteiger partial charge is 0.481 e. The first-order chi connectivity index (χ1) is 12.2. The highest BCUT2D eigenvalue weighted by molar-refractivity contribution is 6.30. The van der Waals surface area contributed by atoms with E-state index in [0.717, 1.165) is 24.2 Å². The molecule has 1 saturated heterocycles. The Morgan fingerprint density at radius 3 is 2.77 bits per heavy atom. The Morgan fingerprint density at radius 2 is 2.12 bits per heavy atom. The van der Waals surface area contributed by atoms with Crippen molar-refractivity contribution in [3.05, 3.63) is 47.2 Å². The maximum atomic E-state index is 11.6. The van der Waals surface area contributed by atoms with Gasteiger partial charge in [0.25, 0.3) is 0 Å². The summed E-state index contributed by atoms with van der Waals surface area (Å²) in [4.78, 5) is 13.8. The Balaban J connectivity index is 1.74. The molecule has 6 heteroatoms. The lowest BCUT2D eigenvalue weighted by Crippen LogP contribution is -2.46. The molecule has 0 bridgehead atoms. The standard InChI is InChI=1S/C20H26ClN3O2/c1-20(2,3)16-7-15(19(25)26)12-23(13-16)10-14-9-22-24(11-14)18-6-4-5-17(21)8-18/h4-6,8-9,11,15-16H,7,10,12-13H2,1-3H3,(H,25,26). The molecule has 5 nitrogen and oxygen atoms in total. The van der Waals surface area contributed by atoms with Gasteiger partial charge >= 0.3 is 5.97 Å². The van der Waals surface area contributed by atoms with Gasteiger partial charge in [0.2, 0.25) is 0 Å². The van der Waals surface area contributed by atoms with Gasteiger partial charge < -0.3 is 5.11 Å². The van der Waals surface area contributed by atoms with Gasteiger partial charge in [-0.05, 0) is 36.0 Å². The van der Waals surface area contributed by atoms with Crippen molar-refractivity contribution in [3.8, 4) is 5.69 Å². The Kier molecular flexibility index (Phi) is 5.39. The number of carboxylic acids is 1. The minimum Gasteiger partial charge on any atom is -0.481 e. The van der Waals surface area contributed by atoms with E-state index in [9.17, 15) is 9.90 Å². The molecule has 2 aromatic rings. The van der Waals surface area contributed by atoms with Crippen molar-refractivity contribution in [1.82, 2.24) is 14.7 Å². The molecule has 1 aliphatic heterocycles. The molecule has 2 unspecified atom stereocenters. The van der Waals surface area contributed by atoms with Crippen LogP contribution in [0.3, 0.4) is 0 Å². The fourth-order valence-corrected chi connectivity index (χ4v) is 3.77. The number of aliphatic carboxylic acids is 1. The van der Waals surface area contributed by atoms with Crippen LogP contribution in [-0.2, 0) is 11.3 Å². The lowest BCUT2D eigenvalue weighted by molar-refractivity contribution is -0.145. The van der Waals surface area contributed by atoms with Crippen LogP contribution in [0.2, 0.25) is 5.02 Å². The second-order valence-corrected chi connectivity index (χ2v) is 8.74. The second-order valence-electron chi connectivity index (χ2n) is 8.30. The van der Waals surface area contributed by atoms with E-state index in [4.69, 9.17) is 11.6 Å². The molecule has 0 amide bonds. The van der Waals surface area contributed by atoms with E-state index >= 15 is 0 Å². The Morgan fingerprint density at radius 1 is 1.35 bits per heavy atom. The first kappa shape index (κ1) is 18.9. The first-order valence-corrected chi connectivity index (χ1v) is 9.35. The summed E-state index contributed by atoms with van der Waals surface area (Å²) in [6.07, 6.45) is 4.58. The fraction of sp³-hybridized carbons (Fsp3) is 0.500. The van der Waals surface area contributed by atoms with Crippen LogP contribution in [0.25, 0.3) is 5.69 Å². The summed E-state index contributed by atoms with van der Waals surface area (Å²) in [7, 11) is 0. The highest BCUT2D eigenvalue weighted by Gasteiger charge is 2.37. The summed E-state index contributed by atoms with van der Waals surface area (Å²) in [6, 6.07) is 7.56. The van der Waals surface area contributed by atoms with Crippen LogP contribution in [0.15, 0.2) is 36.7 Å². The molecule has 0 saturated carbocycles. The van der Waals surface area contributed by atoms with E-state index in [-0.39, 0.29) is 11.3 Å². The van der Waals surface area contributed by atoms with Gasteiger partial charge in [-0.3, -0.25) is 9.69 Å². The summed E-state index contributed by atoms with van der Waals surface area (Å²) in [6.45, 7) is 8.78. The molecule has 1 fully saturated rings. The predicted molar refractivity (Wildman–Crippen MR) is 103 cm³/mol. The van der Waals surface area contributed by atoms with Crippen LogP contribution >= 0.6 is 11.6 Å². The van der Waals surface area contributed by atoms with Gasteiger partial charge in [-0.2, -0.15) is 5.10 Å². The van der Waals surface area contributed by atoms with Crippen LogP contribution in [0.5, 0.6) is 0 Å². The highest BCUT2D eigenvalue weighted by Crippen LogP contribution is 2.36. The van der Waals surface area contributed by atoms with Crippen molar-refractivity contribution in [3.63, 3.8) is 0 Å². The van der Waals surface area contributed by atoms with Crippen LogP contribution in [0.4, 0.5) is 0 Å². The number of likely N-dealkylation sites (tertiary alicyclic amines) is 1. The summed E-state index contributed by atoms with van der Waals surface area (Å²) in [5, 5.41) is 14.6. The van der Waals surface area contributed by atoms with Gasteiger partial charge in [0.15, 0.2) is 0 Å². The minimum absolute atomic E-state index is 0.0946. The second kappa shape index (κ2) is 7.41. The number of rotatable bonds is 4. The van der Waals surface area contributed by atoms with Crippen molar-refractivity contribution >= 4 is 17.6 Å². The number of hydrogen-bond acceptors (Lipinski definition) is 3. The number of hydrogen-bond donors (Lipinski definition) is 1. The molecule has 140 valence electrons. The monoisotopic (exact) mass is 375 g/mol. The smallest absolute Gasteiger partial charge is 0.307 e. The topological polar surface area (TPSA) is 58.4 Å². The number of aromatic nitrogens is 2. The molecule has 2 atom stereocenters. The number of piperidine rings is 1. The van der Waals surface area contributed by atoms with Gasteiger partial charge in [0.05, 0.1) is 17.8 Å². The van der Waals surface area contributed by atoms with E-state index in [2.05, 4.69) is 30.8 Å². The molecular formula is C20H26ClN3O2. The van der Waals surface area contributed by atoms with Crippen molar-refractivity contribution in [2.75, 3.05) is 13.1 Å². The fourth-order valence-electron chi connectivity index (χ4n) is 3.59. The van der Waals surface area contributed by atoms with E-state index in [0.29, 0.717) is 24.0 Å². The quantitative estimate of drug-likeness (QED) is 0.874. The molecule has 1 aromatic carbocycles. The Bertz CT molecular complexity index is 781. The number of benzene rings is 1. The van der Waals surface area contributed by atoms with E-state index in [1.54, 1.807) is 4.68 Å². The molecule has 26 heavy (non-hydrogen) atoms. The summed E-state index contributed by atoms with van der Waals surface area (Å²) in [5.41, 5.74) is 2.08. The van der Waals surface area contributed by atoms with Crippen molar-refractivity contribution in [2.45, 2.75) is 33.7 Å². The van der Waals surface area contributed by atoms with Crippen LogP contribution < -0.4 is 0 Å². The molecule has 0 aliphatic carbocycles. The molecular weight excluding hydrogens is 350 g/mol. The van der Waals surface area contributed by atoms with Gasteiger partial charge in [-0.25, -0.2) is 4.68 Å². The Hall–Kier alpha value is -1.85. The number of carboxylic acid groups (broad SMARTS) is 1. The molecule has 3 rings (SSSR count). The number of halogens is 1. The normalized spacial score (nSPS) is 21.7. The molecule has 2 heterocycles. The number of nitrogens with zero attached hydrogens (tertiary/aromatic N) is 3. The average Bonchev–Trinajstić information content (AvgIpc) is 3.02. The Labute approximate surface area is 159 Å². The van der Waals surface area contributed by atoms with Crippen LogP contribution in [0.1, 0.15) is 32.8 Å². The summed E-state index contributed by atoms with van der Waals surface area (Å²) >= 11 is 6.06. The van der Waals surface area contributed by atoms with Gasteiger partial charge in [0, 0.05) is 36.4 Å². The molecule has 0 spiro atoms.